The quantitative estimate of drug-likeness (QED) is 0.657. The van der Waals surface area contributed by atoms with Crippen molar-refractivity contribution in [2.45, 2.75) is 18.9 Å². The van der Waals surface area contributed by atoms with Gasteiger partial charge in [0.15, 0.2) is 0 Å². The zero-order valence-corrected chi connectivity index (χ0v) is 15.5. The molecule has 28 heavy (non-hydrogen) atoms. The molecular weight excluding hydrogens is 352 g/mol. The minimum atomic E-state index is -0.00800. The lowest BCUT2D eigenvalue weighted by Crippen LogP contribution is -2.41. The monoisotopic (exact) mass is 374 g/mol. The first-order valence-corrected chi connectivity index (χ1v) is 9.47. The predicted octanol–water partition coefficient (Wildman–Crippen LogP) is 4.56. The molecule has 1 saturated heterocycles. The number of rotatable bonds is 5. The highest BCUT2D eigenvalue weighted by atomic mass is 16.5. The van der Waals surface area contributed by atoms with Crippen LogP contribution >= 0.6 is 0 Å². The second-order valence-corrected chi connectivity index (χ2v) is 6.71. The molecule has 1 aromatic heterocycles. The number of ether oxygens (including phenoxy) is 2. The molecule has 2 heterocycles. The predicted molar refractivity (Wildman–Crippen MR) is 107 cm³/mol. The Hall–Kier alpha value is -3.34. The molecule has 142 valence electrons. The third kappa shape index (κ3) is 4.31. The van der Waals surface area contributed by atoms with Crippen LogP contribution in [-0.4, -0.2) is 35.0 Å². The molecule has 0 saturated carbocycles. The van der Waals surface area contributed by atoms with Crippen molar-refractivity contribution in [2.75, 3.05) is 13.1 Å². The zero-order chi connectivity index (χ0) is 19.2. The molecule has 2 aromatic carbocycles. The Bertz CT molecular complexity index is 907. The van der Waals surface area contributed by atoms with Crippen molar-refractivity contribution in [3.63, 3.8) is 0 Å². The van der Waals surface area contributed by atoms with Crippen molar-refractivity contribution in [1.29, 1.82) is 0 Å². The van der Waals surface area contributed by atoms with E-state index in [4.69, 9.17) is 9.47 Å². The molecule has 3 aromatic rings. The van der Waals surface area contributed by atoms with Crippen LogP contribution in [0.3, 0.4) is 0 Å². The van der Waals surface area contributed by atoms with Crippen LogP contribution < -0.4 is 9.47 Å². The molecule has 1 amide bonds. The van der Waals surface area contributed by atoms with Crippen molar-refractivity contribution in [3.05, 3.63) is 84.7 Å². The van der Waals surface area contributed by atoms with E-state index in [1.165, 1.54) is 0 Å². The Labute approximate surface area is 164 Å². The van der Waals surface area contributed by atoms with Gasteiger partial charge in [0.2, 0.25) is 0 Å². The number of carbonyl (C=O) groups excluding carboxylic acids is 1. The Morgan fingerprint density at radius 3 is 2.36 bits per heavy atom. The number of hydrogen-bond acceptors (Lipinski definition) is 4. The summed E-state index contributed by atoms with van der Waals surface area (Å²) in [5.74, 6) is 2.05. The number of hydrogen-bond donors (Lipinski definition) is 0. The summed E-state index contributed by atoms with van der Waals surface area (Å²) in [5.41, 5.74) is 0.581. The number of amides is 1. The maximum atomic E-state index is 13.1. The summed E-state index contributed by atoms with van der Waals surface area (Å²) in [7, 11) is 0. The highest BCUT2D eigenvalue weighted by molar-refractivity contribution is 5.97. The topological polar surface area (TPSA) is 51.7 Å². The van der Waals surface area contributed by atoms with Crippen LogP contribution in [0.2, 0.25) is 0 Å². The molecular formula is C23H22N2O3. The average molecular weight is 374 g/mol. The first-order valence-electron chi connectivity index (χ1n) is 9.47. The molecule has 0 N–H and O–H groups in total. The van der Waals surface area contributed by atoms with Gasteiger partial charge in [0, 0.05) is 32.1 Å². The molecule has 1 aliphatic heterocycles. The van der Waals surface area contributed by atoms with Crippen molar-refractivity contribution in [2.24, 2.45) is 0 Å². The van der Waals surface area contributed by atoms with Gasteiger partial charge in [-0.3, -0.25) is 9.78 Å². The first-order chi connectivity index (χ1) is 13.8. The van der Waals surface area contributed by atoms with E-state index in [2.05, 4.69) is 4.98 Å². The highest BCUT2D eigenvalue weighted by Gasteiger charge is 2.26. The van der Waals surface area contributed by atoms with Crippen LogP contribution in [0.15, 0.2) is 79.1 Å². The minimum absolute atomic E-state index is 0.00800. The van der Waals surface area contributed by atoms with Gasteiger partial charge in [-0.05, 0) is 36.4 Å². The molecule has 0 radical (unpaired) electrons. The SMILES string of the molecule is O=C(c1ccccc1Oc1ccccc1)N1CCC(Oc2cccnc2)CC1. The lowest BCUT2D eigenvalue weighted by molar-refractivity contribution is 0.0592. The van der Waals surface area contributed by atoms with Gasteiger partial charge in [-0.2, -0.15) is 0 Å². The van der Waals surface area contributed by atoms with E-state index < -0.39 is 0 Å². The number of aromatic nitrogens is 1. The maximum Gasteiger partial charge on any atom is 0.257 e. The molecule has 5 heteroatoms. The van der Waals surface area contributed by atoms with Crippen molar-refractivity contribution in [1.82, 2.24) is 9.88 Å². The Morgan fingerprint density at radius 2 is 1.61 bits per heavy atom. The average Bonchev–Trinajstić information content (AvgIpc) is 2.76. The standard InChI is InChI=1S/C23H22N2O3/c26-23(21-10-4-5-11-22(21)28-18-7-2-1-3-8-18)25-15-12-19(13-16-25)27-20-9-6-14-24-17-20/h1-11,14,17,19H,12-13,15-16H2. The normalized spacial score (nSPS) is 14.5. The molecule has 0 aliphatic carbocycles. The van der Waals surface area contributed by atoms with Crippen LogP contribution in [0.25, 0.3) is 0 Å². The summed E-state index contributed by atoms with van der Waals surface area (Å²) >= 11 is 0. The third-order valence-electron chi connectivity index (χ3n) is 4.75. The van der Waals surface area contributed by atoms with Crippen molar-refractivity contribution in [3.8, 4) is 17.2 Å². The van der Waals surface area contributed by atoms with Crippen LogP contribution in [0.1, 0.15) is 23.2 Å². The van der Waals surface area contributed by atoms with Gasteiger partial charge in [0.05, 0.1) is 11.8 Å². The lowest BCUT2D eigenvalue weighted by atomic mass is 10.1. The summed E-state index contributed by atoms with van der Waals surface area (Å²) < 4.78 is 11.9. The summed E-state index contributed by atoms with van der Waals surface area (Å²) in [6.07, 6.45) is 5.13. The lowest BCUT2D eigenvalue weighted by Gasteiger charge is -2.32. The van der Waals surface area contributed by atoms with Crippen molar-refractivity contribution >= 4 is 5.91 Å². The fraction of sp³-hybridized carbons (Fsp3) is 0.217. The number of nitrogens with zero attached hydrogens (tertiary/aromatic N) is 2. The summed E-state index contributed by atoms with van der Waals surface area (Å²) in [5, 5.41) is 0. The van der Waals surface area contributed by atoms with Gasteiger partial charge in [-0.15, -0.1) is 0 Å². The summed E-state index contributed by atoms with van der Waals surface area (Å²) in [6, 6.07) is 20.7. The number of benzene rings is 2. The van der Waals surface area contributed by atoms with Gasteiger partial charge < -0.3 is 14.4 Å². The Balaban J connectivity index is 1.40. The van der Waals surface area contributed by atoms with Gasteiger partial charge in [-0.25, -0.2) is 0 Å². The number of pyridine rings is 1. The number of para-hydroxylation sites is 2. The van der Waals surface area contributed by atoms with Gasteiger partial charge in [-0.1, -0.05) is 30.3 Å². The van der Waals surface area contributed by atoms with Gasteiger partial charge >= 0.3 is 0 Å². The van der Waals surface area contributed by atoms with E-state index in [1.807, 2.05) is 71.6 Å². The number of carbonyl (C=O) groups is 1. The molecule has 4 rings (SSSR count). The van der Waals surface area contributed by atoms with E-state index in [0.29, 0.717) is 30.2 Å². The van der Waals surface area contributed by atoms with Crippen molar-refractivity contribution < 1.29 is 14.3 Å². The van der Waals surface area contributed by atoms with E-state index in [0.717, 1.165) is 18.6 Å². The van der Waals surface area contributed by atoms with Gasteiger partial charge in [0.25, 0.3) is 5.91 Å². The fourth-order valence-electron chi connectivity index (χ4n) is 3.30. The van der Waals surface area contributed by atoms with E-state index in [-0.39, 0.29) is 12.0 Å². The van der Waals surface area contributed by atoms with E-state index in [9.17, 15) is 4.79 Å². The molecule has 0 spiro atoms. The number of likely N-dealkylation sites (tertiary alicyclic amines) is 1. The Morgan fingerprint density at radius 1 is 0.893 bits per heavy atom. The molecule has 0 unspecified atom stereocenters. The third-order valence-corrected chi connectivity index (χ3v) is 4.75. The summed E-state index contributed by atoms with van der Waals surface area (Å²) in [4.78, 5) is 19.0. The minimum Gasteiger partial charge on any atom is -0.489 e. The molecule has 5 nitrogen and oxygen atoms in total. The van der Waals surface area contributed by atoms with Crippen LogP contribution in [-0.2, 0) is 0 Å². The maximum absolute atomic E-state index is 13.1. The second kappa shape index (κ2) is 8.57. The molecule has 0 atom stereocenters. The molecule has 1 fully saturated rings. The highest BCUT2D eigenvalue weighted by Crippen LogP contribution is 2.27. The molecule has 0 bridgehead atoms. The smallest absolute Gasteiger partial charge is 0.257 e. The summed E-state index contributed by atoms with van der Waals surface area (Å²) in [6.45, 7) is 1.31. The van der Waals surface area contributed by atoms with E-state index >= 15 is 0 Å². The Kier molecular flexibility index (Phi) is 5.52. The molecule has 1 aliphatic rings. The van der Waals surface area contributed by atoms with Gasteiger partial charge in [0.1, 0.15) is 23.4 Å². The second-order valence-electron chi connectivity index (χ2n) is 6.71. The number of piperidine rings is 1. The first kappa shape index (κ1) is 18.0. The van der Waals surface area contributed by atoms with Crippen LogP contribution in [0.5, 0.6) is 17.2 Å². The van der Waals surface area contributed by atoms with Crippen LogP contribution in [0.4, 0.5) is 0 Å². The zero-order valence-electron chi connectivity index (χ0n) is 15.5. The largest absolute Gasteiger partial charge is 0.489 e. The van der Waals surface area contributed by atoms with E-state index in [1.54, 1.807) is 12.4 Å². The fourth-order valence-corrected chi connectivity index (χ4v) is 3.30. The van der Waals surface area contributed by atoms with Crippen LogP contribution in [0, 0.1) is 0 Å².